The van der Waals surface area contributed by atoms with E-state index in [1.54, 1.807) is 4.90 Å². The summed E-state index contributed by atoms with van der Waals surface area (Å²) in [6.07, 6.45) is 2.00. The van der Waals surface area contributed by atoms with Gasteiger partial charge in [-0.15, -0.1) is 0 Å². The fraction of sp³-hybridized carbons (Fsp3) is 0.462. The quantitative estimate of drug-likeness (QED) is 0.616. The second kappa shape index (κ2) is 5.97. The molecule has 0 bridgehead atoms. The number of carbonyl (C=O) groups excluding carboxylic acids is 1. The molecule has 1 aliphatic heterocycles. The maximum atomic E-state index is 12.5. The molecule has 1 atom stereocenters. The van der Waals surface area contributed by atoms with Crippen LogP contribution in [0, 0.1) is 16.0 Å². The lowest BCUT2D eigenvalue weighted by molar-refractivity contribution is -0.384. The zero-order chi connectivity index (χ0) is 14.9. The van der Waals surface area contributed by atoms with E-state index in [1.807, 2.05) is 0 Å². The maximum Gasteiger partial charge on any atom is 0.271 e. The Kier molecular flexibility index (Phi) is 4.50. The molecule has 0 radical (unpaired) electrons. The van der Waals surface area contributed by atoms with Gasteiger partial charge in [-0.2, -0.15) is 0 Å². The molecule has 0 saturated carbocycles. The highest BCUT2D eigenvalue weighted by atomic mass is 35.5. The number of carbonyl (C=O) groups is 1. The Morgan fingerprint density at radius 3 is 2.75 bits per heavy atom. The molecule has 0 N–H and O–H groups in total. The minimum Gasteiger partial charge on any atom is -0.338 e. The molecule has 1 saturated heterocycles. The first-order valence-corrected chi connectivity index (χ1v) is 7.08. The Hall–Kier alpha value is -1.33. The standard InChI is InChI=1S/C13H14Cl2N2O3/c1-8-3-2-4-16(7-8)13(18)10-5-9(17(19)20)6-11(14)12(10)15/h5-6,8H,2-4,7H2,1H3. The lowest BCUT2D eigenvalue weighted by atomic mass is 9.99. The number of rotatable bonds is 2. The molecule has 0 aromatic heterocycles. The molecule has 1 aromatic carbocycles. The first kappa shape index (κ1) is 15.1. The predicted octanol–water partition coefficient (Wildman–Crippen LogP) is 3.77. The molecule has 1 aromatic rings. The predicted molar refractivity (Wildman–Crippen MR) is 77.4 cm³/mol. The number of halogens is 2. The van der Waals surface area contributed by atoms with Gasteiger partial charge in [0.2, 0.25) is 0 Å². The molecule has 108 valence electrons. The molecular weight excluding hydrogens is 303 g/mol. The van der Waals surface area contributed by atoms with Crippen molar-refractivity contribution in [1.82, 2.24) is 4.90 Å². The summed E-state index contributed by atoms with van der Waals surface area (Å²) in [4.78, 5) is 24.4. The van der Waals surface area contributed by atoms with E-state index in [9.17, 15) is 14.9 Å². The lowest BCUT2D eigenvalue weighted by Crippen LogP contribution is -2.39. The third-order valence-corrected chi connectivity index (χ3v) is 4.20. The molecule has 5 nitrogen and oxygen atoms in total. The summed E-state index contributed by atoms with van der Waals surface area (Å²) >= 11 is 11.9. The van der Waals surface area contributed by atoms with E-state index in [0.717, 1.165) is 18.9 Å². The number of nitro benzene ring substituents is 1. The van der Waals surface area contributed by atoms with Gasteiger partial charge in [0.15, 0.2) is 0 Å². The van der Waals surface area contributed by atoms with E-state index >= 15 is 0 Å². The number of nitrogens with zero attached hydrogens (tertiary/aromatic N) is 2. The highest BCUT2D eigenvalue weighted by molar-refractivity contribution is 6.44. The average Bonchev–Trinajstić information content (AvgIpc) is 2.40. The fourth-order valence-electron chi connectivity index (χ4n) is 2.38. The number of non-ortho nitro benzene ring substituents is 1. The molecule has 7 heteroatoms. The number of benzene rings is 1. The SMILES string of the molecule is CC1CCCN(C(=O)c2cc([N+](=O)[O-])cc(Cl)c2Cl)C1. The topological polar surface area (TPSA) is 63.5 Å². The molecule has 0 spiro atoms. The number of hydrogen-bond donors (Lipinski definition) is 0. The van der Waals surface area contributed by atoms with Crippen molar-refractivity contribution in [3.05, 3.63) is 37.9 Å². The van der Waals surface area contributed by atoms with Crippen LogP contribution >= 0.6 is 23.2 Å². The zero-order valence-electron chi connectivity index (χ0n) is 10.9. The minimum atomic E-state index is -0.585. The number of piperidine rings is 1. The van der Waals surface area contributed by atoms with Gasteiger partial charge >= 0.3 is 0 Å². The third-order valence-electron chi connectivity index (χ3n) is 3.40. The monoisotopic (exact) mass is 316 g/mol. The first-order valence-electron chi connectivity index (χ1n) is 6.33. The van der Waals surface area contributed by atoms with E-state index in [1.165, 1.54) is 6.07 Å². The van der Waals surface area contributed by atoms with Crippen molar-refractivity contribution in [3.8, 4) is 0 Å². The number of amides is 1. The Morgan fingerprint density at radius 2 is 2.15 bits per heavy atom. The Bertz CT molecular complexity index is 563. The van der Waals surface area contributed by atoms with Gasteiger partial charge in [0.05, 0.1) is 20.5 Å². The summed E-state index contributed by atoms with van der Waals surface area (Å²) in [5.41, 5.74) is -0.132. The summed E-state index contributed by atoms with van der Waals surface area (Å²) in [6.45, 7) is 3.34. The van der Waals surface area contributed by atoms with Crippen molar-refractivity contribution >= 4 is 34.8 Å². The van der Waals surface area contributed by atoms with Crippen molar-refractivity contribution in [3.63, 3.8) is 0 Å². The van der Waals surface area contributed by atoms with Crippen LogP contribution in [-0.4, -0.2) is 28.8 Å². The zero-order valence-corrected chi connectivity index (χ0v) is 12.4. The average molecular weight is 317 g/mol. The summed E-state index contributed by atoms with van der Waals surface area (Å²) in [6, 6.07) is 2.34. The van der Waals surface area contributed by atoms with Crippen molar-refractivity contribution in [2.75, 3.05) is 13.1 Å². The molecule has 20 heavy (non-hydrogen) atoms. The normalized spacial score (nSPS) is 18.9. The second-order valence-corrected chi connectivity index (χ2v) is 5.83. The van der Waals surface area contributed by atoms with Crippen molar-refractivity contribution in [1.29, 1.82) is 0 Å². The molecule has 2 rings (SSSR count). The van der Waals surface area contributed by atoms with Gasteiger partial charge in [0, 0.05) is 25.2 Å². The van der Waals surface area contributed by atoms with Crippen LogP contribution in [0.15, 0.2) is 12.1 Å². The summed E-state index contributed by atoms with van der Waals surface area (Å²) in [5.74, 6) is 0.118. The van der Waals surface area contributed by atoms with E-state index in [2.05, 4.69) is 6.92 Å². The van der Waals surface area contributed by atoms with Gasteiger partial charge in [-0.05, 0) is 18.8 Å². The minimum absolute atomic E-state index is 0.0225. The lowest BCUT2D eigenvalue weighted by Gasteiger charge is -2.31. The molecule has 1 fully saturated rings. The Morgan fingerprint density at radius 1 is 1.45 bits per heavy atom. The van der Waals surface area contributed by atoms with Crippen LogP contribution in [0.2, 0.25) is 10.0 Å². The maximum absolute atomic E-state index is 12.5. The molecule has 1 amide bonds. The van der Waals surface area contributed by atoms with Gasteiger partial charge < -0.3 is 4.90 Å². The van der Waals surface area contributed by atoms with E-state index in [0.29, 0.717) is 19.0 Å². The van der Waals surface area contributed by atoms with Crippen LogP contribution in [0.4, 0.5) is 5.69 Å². The molecule has 1 unspecified atom stereocenters. The van der Waals surface area contributed by atoms with E-state index in [-0.39, 0.29) is 27.2 Å². The van der Waals surface area contributed by atoms with Crippen LogP contribution in [0.3, 0.4) is 0 Å². The fourth-order valence-corrected chi connectivity index (χ4v) is 2.78. The number of hydrogen-bond acceptors (Lipinski definition) is 3. The van der Waals surface area contributed by atoms with E-state index in [4.69, 9.17) is 23.2 Å². The van der Waals surface area contributed by atoms with Gasteiger partial charge in [-0.3, -0.25) is 14.9 Å². The molecule has 1 heterocycles. The van der Waals surface area contributed by atoms with Gasteiger partial charge in [-0.1, -0.05) is 30.1 Å². The molecular formula is C13H14Cl2N2O3. The molecule has 0 aliphatic carbocycles. The second-order valence-electron chi connectivity index (χ2n) is 5.04. The van der Waals surface area contributed by atoms with Gasteiger partial charge in [0.25, 0.3) is 11.6 Å². The third kappa shape index (κ3) is 3.04. The number of nitro groups is 1. The van der Waals surface area contributed by atoms with Crippen LogP contribution < -0.4 is 0 Å². The Balaban J connectivity index is 2.35. The van der Waals surface area contributed by atoms with Crippen molar-refractivity contribution < 1.29 is 9.72 Å². The van der Waals surface area contributed by atoms with Gasteiger partial charge in [-0.25, -0.2) is 0 Å². The van der Waals surface area contributed by atoms with Crippen LogP contribution in [0.25, 0.3) is 0 Å². The van der Waals surface area contributed by atoms with Crippen LogP contribution in [0.5, 0.6) is 0 Å². The van der Waals surface area contributed by atoms with E-state index < -0.39 is 4.92 Å². The summed E-state index contributed by atoms with van der Waals surface area (Å²) in [7, 11) is 0. The Labute approximate surface area is 126 Å². The highest BCUT2D eigenvalue weighted by Crippen LogP contribution is 2.32. The molecule has 1 aliphatic rings. The van der Waals surface area contributed by atoms with Gasteiger partial charge in [0.1, 0.15) is 0 Å². The largest absolute Gasteiger partial charge is 0.338 e. The number of likely N-dealkylation sites (tertiary alicyclic amines) is 1. The smallest absolute Gasteiger partial charge is 0.271 e. The van der Waals surface area contributed by atoms with Crippen molar-refractivity contribution in [2.24, 2.45) is 5.92 Å². The summed E-state index contributed by atoms with van der Waals surface area (Å²) in [5, 5.41) is 10.9. The first-order chi connectivity index (χ1) is 9.40. The highest BCUT2D eigenvalue weighted by Gasteiger charge is 2.26. The van der Waals surface area contributed by atoms with Crippen molar-refractivity contribution in [2.45, 2.75) is 19.8 Å². The summed E-state index contributed by atoms with van der Waals surface area (Å²) < 4.78 is 0. The van der Waals surface area contributed by atoms with Crippen LogP contribution in [0.1, 0.15) is 30.1 Å². The van der Waals surface area contributed by atoms with Crippen LogP contribution in [-0.2, 0) is 0 Å².